The maximum Gasteiger partial charge on any atom is 0.231 e. The maximum atomic E-state index is 8.68. The second-order valence-electron chi connectivity index (χ2n) is 3.48. The summed E-state index contributed by atoms with van der Waals surface area (Å²) in [5, 5.41) is 11.1. The fourth-order valence-corrected chi connectivity index (χ4v) is 1.61. The zero-order valence-electron chi connectivity index (χ0n) is 10.5. The number of nitriles is 1. The molecular formula is C10H16N6S. The van der Waals surface area contributed by atoms with E-state index in [2.05, 4.69) is 15.0 Å². The number of anilines is 2. The van der Waals surface area contributed by atoms with Crippen molar-refractivity contribution in [3.63, 3.8) is 0 Å². The molecule has 7 heteroatoms. The quantitative estimate of drug-likeness (QED) is 0.579. The lowest BCUT2D eigenvalue weighted by Gasteiger charge is -2.20. The fourth-order valence-electron chi connectivity index (χ4n) is 1.27. The molecule has 0 spiro atoms. The number of thioether (sulfide) groups is 1. The number of thiocyanates is 1. The van der Waals surface area contributed by atoms with E-state index in [0.29, 0.717) is 17.1 Å². The molecule has 0 fully saturated rings. The van der Waals surface area contributed by atoms with Crippen LogP contribution in [0.3, 0.4) is 0 Å². The topological polar surface area (TPSA) is 68.9 Å². The summed E-state index contributed by atoms with van der Waals surface area (Å²) >= 11 is 0.949. The zero-order chi connectivity index (χ0) is 12.8. The highest BCUT2D eigenvalue weighted by molar-refractivity contribution is 8.03. The summed E-state index contributed by atoms with van der Waals surface area (Å²) in [6.07, 6.45) is 0. The van der Waals surface area contributed by atoms with Crippen molar-refractivity contribution in [1.29, 1.82) is 5.26 Å². The molecule has 1 heterocycles. The van der Waals surface area contributed by atoms with Crippen LogP contribution in [0.2, 0.25) is 0 Å². The van der Waals surface area contributed by atoms with Crippen molar-refractivity contribution in [2.24, 2.45) is 0 Å². The van der Waals surface area contributed by atoms with Gasteiger partial charge in [0.1, 0.15) is 5.40 Å². The van der Waals surface area contributed by atoms with Crippen LogP contribution < -0.4 is 9.80 Å². The van der Waals surface area contributed by atoms with Gasteiger partial charge in [-0.25, -0.2) is 0 Å². The van der Waals surface area contributed by atoms with E-state index >= 15 is 0 Å². The Balaban J connectivity index is 3.16. The van der Waals surface area contributed by atoms with Crippen LogP contribution in [0.15, 0.2) is 5.16 Å². The highest BCUT2D eigenvalue weighted by Gasteiger charge is 2.12. The largest absolute Gasteiger partial charge is 0.347 e. The molecule has 0 saturated heterocycles. The van der Waals surface area contributed by atoms with E-state index in [-0.39, 0.29) is 0 Å². The molecule has 0 N–H and O–H groups in total. The van der Waals surface area contributed by atoms with E-state index in [1.807, 2.05) is 38.2 Å². The number of nitrogens with zero attached hydrogens (tertiary/aromatic N) is 6. The van der Waals surface area contributed by atoms with Gasteiger partial charge in [-0.1, -0.05) is 0 Å². The van der Waals surface area contributed by atoms with Crippen LogP contribution in [0.25, 0.3) is 0 Å². The molecule has 1 aromatic heterocycles. The van der Waals surface area contributed by atoms with Crippen molar-refractivity contribution < 1.29 is 0 Å². The highest BCUT2D eigenvalue weighted by Crippen LogP contribution is 2.18. The first-order chi connectivity index (χ1) is 8.12. The van der Waals surface area contributed by atoms with Gasteiger partial charge in [-0.3, -0.25) is 0 Å². The van der Waals surface area contributed by atoms with Crippen molar-refractivity contribution in [1.82, 2.24) is 15.0 Å². The van der Waals surface area contributed by atoms with Crippen molar-refractivity contribution in [2.45, 2.75) is 19.0 Å². The van der Waals surface area contributed by atoms with Gasteiger partial charge >= 0.3 is 0 Å². The molecular weight excluding hydrogens is 236 g/mol. The Morgan fingerprint density at radius 1 is 1.12 bits per heavy atom. The van der Waals surface area contributed by atoms with E-state index in [1.165, 1.54) is 0 Å². The van der Waals surface area contributed by atoms with Crippen LogP contribution in [0, 0.1) is 10.7 Å². The highest BCUT2D eigenvalue weighted by atomic mass is 32.2. The lowest BCUT2D eigenvalue weighted by atomic mass is 10.5. The summed E-state index contributed by atoms with van der Waals surface area (Å²) in [7, 11) is 3.73. The Labute approximate surface area is 106 Å². The van der Waals surface area contributed by atoms with Crippen molar-refractivity contribution in [2.75, 3.05) is 37.0 Å². The molecule has 0 amide bonds. The summed E-state index contributed by atoms with van der Waals surface area (Å²) in [6.45, 7) is 5.73. The number of hydrogen-bond acceptors (Lipinski definition) is 7. The molecule has 0 bridgehead atoms. The summed E-state index contributed by atoms with van der Waals surface area (Å²) in [5.74, 6) is 1.19. The molecule has 0 aromatic carbocycles. The minimum Gasteiger partial charge on any atom is -0.347 e. The molecule has 0 aliphatic carbocycles. The molecule has 0 radical (unpaired) electrons. The SMILES string of the molecule is CCN(CC)c1nc(SC#N)nc(N(C)C)n1. The molecule has 17 heavy (non-hydrogen) atoms. The van der Waals surface area contributed by atoms with E-state index < -0.39 is 0 Å². The third-order valence-electron chi connectivity index (χ3n) is 2.17. The maximum absolute atomic E-state index is 8.68. The molecule has 1 aromatic rings. The second-order valence-corrected chi connectivity index (χ2v) is 4.23. The molecule has 0 atom stereocenters. The van der Waals surface area contributed by atoms with Gasteiger partial charge in [0.25, 0.3) is 0 Å². The lowest BCUT2D eigenvalue weighted by molar-refractivity contribution is 0.774. The average Bonchev–Trinajstić information content (AvgIpc) is 2.31. The van der Waals surface area contributed by atoms with Gasteiger partial charge in [0, 0.05) is 38.9 Å². The minimum absolute atomic E-state index is 0.438. The van der Waals surface area contributed by atoms with Gasteiger partial charge in [-0.15, -0.1) is 0 Å². The molecule has 0 unspecified atom stereocenters. The Hall–Kier alpha value is -1.55. The summed E-state index contributed by atoms with van der Waals surface area (Å²) in [4.78, 5) is 16.6. The molecule has 0 saturated carbocycles. The molecule has 0 aliphatic heterocycles. The Bertz CT molecular complexity index is 410. The average molecular weight is 252 g/mol. The van der Waals surface area contributed by atoms with Crippen molar-refractivity contribution in [3.05, 3.63) is 0 Å². The van der Waals surface area contributed by atoms with Crippen LogP contribution in [0.5, 0.6) is 0 Å². The van der Waals surface area contributed by atoms with Gasteiger partial charge in [0.05, 0.1) is 0 Å². The van der Waals surface area contributed by atoms with Gasteiger partial charge in [-0.05, 0) is 13.8 Å². The minimum atomic E-state index is 0.438. The number of aromatic nitrogens is 3. The Morgan fingerprint density at radius 3 is 2.18 bits per heavy atom. The van der Waals surface area contributed by atoms with Gasteiger partial charge in [0.15, 0.2) is 0 Å². The van der Waals surface area contributed by atoms with E-state index in [9.17, 15) is 0 Å². The summed E-state index contributed by atoms with van der Waals surface area (Å²) in [5.41, 5.74) is 0. The van der Waals surface area contributed by atoms with Crippen LogP contribution in [-0.4, -0.2) is 42.1 Å². The van der Waals surface area contributed by atoms with Gasteiger partial charge in [-0.2, -0.15) is 20.2 Å². The zero-order valence-corrected chi connectivity index (χ0v) is 11.3. The lowest BCUT2D eigenvalue weighted by Crippen LogP contribution is -2.26. The molecule has 92 valence electrons. The number of rotatable bonds is 5. The third-order valence-corrected chi connectivity index (χ3v) is 2.63. The first-order valence-corrected chi connectivity index (χ1v) is 6.18. The monoisotopic (exact) mass is 252 g/mol. The third kappa shape index (κ3) is 3.46. The second kappa shape index (κ2) is 6.25. The smallest absolute Gasteiger partial charge is 0.231 e. The fraction of sp³-hybridized carbons (Fsp3) is 0.600. The van der Waals surface area contributed by atoms with Crippen molar-refractivity contribution >= 4 is 23.7 Å². The van der Waals surface area contributed by atoms with E-state index in [1.54, 1.807) is 4.90 Å². The van der Waals surface area contributed by atoms with Crippen LogP contribution >= 0.6 is 11.8 Å². The van der Waals surface area contributed by atoms with Crippen LogP contribution in [0.4, 0.5) is 11.9 Å². The molecule has 6 nitrogen and oxygen atoms in total. The first-order valence-electron chi connectivity index (χ1n) is 5.36. The van der Waals surface area contributed by atoms with Crippen molar-refractivity contribution in [3.8, 4) is 5.40 Å². The Kier molecular flexibility index (Phi) is 4.97. The van der Waals surface area contributed by atoms with E-state index in [0.717, 1.165) is 24.9 Å². The predicted molar refractivity (Wildman–Crippen MR) is 69.2 cm³/mol. The van der Waals surface area contributed by atoms with E-state index in [4.69, 9.17) is 5.26 Å². The van der Waals surface area contributed by atoms with Crippen LogP contribution in [-0.2, 0) is 0 Å². The van der Waals surface area contributed by atoms with Gasteiger partial charge in [0.2, 0.25) is 17.1 Å². The molecule has 1 rings (SSSR count). The normalized spacial score (nSPS) is 9.82. The number of hydrogen-bond donors (Lipinski definition) is 0. The summed E-state index contributed by atoms with van der Waals surface area (Å²) < 4.78 is 0. The van der Waals surface area contributed by atoms with Gasteiger partial charge < -0.3 is 9.80 Å². The Morgan fingerprint density at radius 2 is 1.71 bits per heavy atom. The standard InChI is InChI=1S/C10H16N6S/c1-5-16(6-2)9-12-8(15(3)4)13-10(14-9)17-7-11/h5-6H2,1-4H3. The van der Waals surface area contributed by atoms with Crippen LogP contribution in [0.1, 0.15) is 13.8 Å². The molecule has 0 aliphatic rings. The first kappa shape index (κ1) is 13.5. The predicted octanol–water partition coefficient (Wildman–Crippen LogP) is 1.36. The summed E-state index contributed by atoms with van der Waals surface area (Å²) in [6, 6.07) is 0.